The van der Waals surface area contributed by atoms with E-state index >= 15 is 0 Å². The molecule has 2 aromatic heterocycles. The second kappa shape index (κ2) is 7.56. The molecule has 4 rings (SSSR count). The van der Waals surface area contributed by atoms with E-state index in [1.165, 1.54) is 6.42 Å². The monoisotopic (exact) mass is 363 g/mol. The van der Waals surface area contributed by atoms with E-state index in [4.69, 9.17) is 4.52 Å². The maximum Gasteiger partial charge on any atom is 0.241 e. The first-order valence-corrected chi connectivity index (χ1v) is 9.52. The summed E-state index contributed by atoms with van der Waals surface area (Å²) in [7, 11) is 0. The molecule has 3 heterocycles. The van der Waals surface area contributed by atoms with Gasteiger partial charge in [0.2, 0.25) is 11.7 Å². The standard InChI is InChI=1S/C21H25N5O/c1-14-9-15(2)12-26(11-14)13-20-24-21(25-27-20)18-6-4-5-17(10-18)19-7-8-22-16(3)23-19/h4-8,10,14-15H,9,11-13H2,1-3H3. The topological polar surface area (TPSA) is 67.9 Å². The molecule has 0 saturated carbocycles. The fourth-order valence-corrected chi connectivity index (χ4v) is 3.98. The zero-order valence-corrected chi connectivity index (χ0v) is 16.1. The zero-order valence-electron chi connectivity index (χ0n) is 16.1. The molecule has 0 radical (unpaired) electrons. The minimum atomic E-state index is 0.621. The van der Waals surface area contributed by atoms with Gasteiger partial charge >= 0.3 is 0 Å². The van der Waals surface area contributed by atoms with Gasteiger partial charge < -0.3 is 4.52 Å². The van der Waals surface area contributed by atoms with Crippen molar-refractivity contribution >= 4 is 0 Å². The first-order chi connectivity index (χ1) is 13.1. The molecule has 140 valence electrons. The van der Waals surface area contributed by atoms with Gasteiger partial charge in [-0.05, 0) is 37.3 Å². The van der Waals surface area contributed by atoms with Crippen molar-refractivity contribution in [2.24, 2.45) is 11.8 Å². The first kappa shape index (κ1) is 17.8. The Balaban J connectivity index is 1.52. The Morgan fingerprint density at radius 3 is 2.63 bits per heavy atom. The molecule has 0 aliphatic carbocycles. The van der Waals surface area contributed by atoms with Crippen LogP contribution in [-0.2, 0) is 6.54 Å². The van der Waals surface area contributed by atoms with E-state index in [0.29, 0.717) is 30.1 Å². The summed E-state index contributed by atoms with van der Waals surface area (Å²) < 4.78 is 5.53. The van der Waals surface area contributed by atoms with Crippen molar-refractivity contribution in [3.63, 3.8) is 0 Å². The maximum absolute atomic E-state index is 5.53. The van der Waals surface area contributed by atoms with Crippen molar-refractivity contribution in [2.45, 2.75) is 33.7 Å². The van der Waals surface area contributed by atoms with E-state index in [2.05, 4.69) is 38.9 Å². The van der Waals surface area contributed by atoms with Gasteiger partial charge in [-0.15, -0.1) is 0 Å². The number of nitrogens with zero attached hydrogens (tertiary/aromatic N) is 5. The van der Waals surface area contributed by atoms with Crippen LogP contribution in [-0.4, -0.2) is 38.1 Å². The molecular weight excluding hydrogens is 338 g/mol. The second-order valence-electron chi connectivity index (χ2n) is 7.72. The highest BCUT2D eigenvalue weighted by Gasteiger charge is 2.23. The Hall–Kier alpha value is -2.60. The van der Waals surface area contributed by atoms with Crippen LogP contribution in [0.25, 0.3) is 22.6 Å². The molecule has 1 aliphatic heterocycles. The highest BCUT2D eigenvalue weighted by Crippen LogP contribution is 2.25. The molecule has 0 bridgehead atoms. The van der Waals surface area contributed by atoms with Gasteiger partial charge in [0, 0.05) is 30.4 Å². The molecule has 1 saturated heterocycles. The molecule has 2 atom stereocenters. The molecule has 3 aromatic rings. The molecular formula is C21H25N5O. The molecule has 6 heteroatoms. The summed E-state index contributed by atoms with van der Waals surface area (Å²) in [4.78, 5) is 15.7. The number of piperidine rings is 1. The molecule has 1 aromatic carbocycles. The number of benzene rings is 1. The maximum atomic E-state index is 5.53. The summed E-state index contributed by atoms with van der Waals surface area (Å²) in [5.41, 5.74) is 2.84. The number of hydrogen-bond donors (Lipinski definition) is 0. The Bertz CT molecular complexity index is 912. The summed E-state index contributed by atoms with van der Waals surface area (Å²) in [6.07, 6.45) is 3.07. The van der Waals surface area contributed by atoms with Gasteiger partial charge in [0.25, 0.3) is 0 Å². The molecule has 0 spiro atoms. The van der Waals surface area contributed by atoms with Gasteiger partial charge in [0.05, 0.1) is 12.2 Å². The van der Waals surface area contributed by atoms with Crippen LogP contribution >= 0.6 is 0 Å². The molecule has 0 amide bonds. The van der Waals surface area contributed by atoms with E-state index in [1.54, 1.807) is 6.20 Å². The van der Waals surface area contributed by atoms with Crippen molar-refractivity contribution in [1.29, 1.82) is 0 Å². The Labute approximate surface area is 159 Å². The summed E-state index contributed by atoms with van der Waals surface area (Å²) in [5.74, 6) is 3.48. The lowest BCUT2D eigenvalue weighted by molar-refractivity contribution is 0.121. The van der Waals surface area contributed by atoms with Crippen molar-refractivity contribution in [2.75, 3.05) is 13.1 Å². The predicted molar refractivity (Wildman–Crippen MR) is 104 cm³/mol. The first-order valence-electron chi connectivity index (χ1n) is 9.52. The van der Waals surface area contributed by atoms with Gasteiger partial charge in [-0.2, -0.15) is 4.98 Å². The van der Waals surface area contributed by atoms with Crippen LogP contribution in [0, 0.1) is 18.8 Å². The van der Waals surface area contributed by atoms with Gasteiger partial charge in [-0.1, -0.05) is 37.2 Å². The van der Waals surface area contributed by atoms with E-state index in [0.717, 1.165) is 35.7 Å². The minimum Gasteiger partial charge on any atom is -0.338 e. The minimum absolute atomic E-state index is 0.621. The summed E-state index contributed by atoms with van der Waals surface area (Å²) in [6, 6.07) is 9.97. The average molecular weight is 363 g/mol. The summed E-state index contributed by atoms with van der Waals surface area (Å²) in [5, 5.41) is 4.20. The van der Waals surface area contributed by atoms with Crippen LogP contribution in [0.1, 0.15) is 32.0 Å². The number of likely N-dealkylation sites (tertiary alicyclic amines) is 1. The third-order valence-electron chi connectivity index (χ3n) is 4.96. The van der Waals surface area contributed by atoms with Gasteiger partial charge in [0.1, 0.15) is 5.82 Å². The predicted octanol–water partition coefficient (Wildman–Crippen LogP) is 3.98. The van der Waals surface area contributed by atoms with Crippen molar-refractivity contribution in [3.8, 4) is 22.6 Å². The molecule has 1 fully saturated rings. The Morgan fingerprint density at radius 1 is 1.07 bits per heavy atom. The van der Waals surface area contributed by atoms with Crippen LogP contribution < -0.4 is 0 Å². The Morgan fingerprint density at radius 2 is 1.85 bits per heavy atom. The van der Waals surface area contributed by atoms with Crippen LogP contribution in [0.2, 0.25) is 0 Å². The molecule has 1 aliphatic rings. The fraction of sp³-hybridized carbons (Fsp3) is 0.429. The third-order valence-corrected chi connectivity index (χ3v) is 4.96. The van der Waals surface area contributed by atoms with Crippen LogP contribution in [0.5, 0.6) is 0 Å². The highest BCUT2D eigenvalue weighted by molar-refractivity contribution is 5.67. The lowest BCUT2D eigenvalue weighted by atomic mass is 9.92. The molecule has 6 nitrogen and oxygen atoms in total. The zero-order chi connectivity index (χ0) is 18.8. The molecule has 0 N–H and O–H groups in total. The highest BCUT2D eigenvalue weighted by atomic mass is 16.5. The third kappa shape index (κ3) is 4.22. The van der Waals surface area contributed by atoms with Gasteiger partial charge in [-0.25, -0.2) is 9.97 Å². The van der Waals surface area contributed by atoms with Crippen LogP contribution in [0.3, 0.4) is 0 Å². The summed E-state index contributed by atoms with van der Waals surface area (Å²) >= 11 is 0. The lowest BCUT2D eigenvalue weighted by Gasteiger charge is -2.33. The Kier molecular flexibility index (Phi) is 4.99. The van der Waals surface area contributed by atoms with Crippen LogP contribution in [0.4, 0.5) is 0 Å². The number of rotatable bonds is 4. The van der Waals surface area contributed by atoms with Crippen molar-refractivity contribution in [3.05, 3.63) is 48.2 Å². The van der Waals surface area contributed by atoms with E-state index in [-0.39, 0.29) is 0 Å². The lowest BCUT2D eigenvalue weighted by Crippen LogP contribution is -2.38. The summed E-state index contributed by atoms with van der Waals surface area (Å²) in [6.45, 7) is 9.40. The van der Waals surface area contributed by atoms with Gasteiger partial charge in [-0.3, -0.25) is 4.90 Å². The van der Waals surface area contributed by atoms with Crippen molar-refractivity contribution < 1.29 is 4.52 Å². The van der Waals surface area contributed by atoms with Gasteiger partial charge in [0.15, 0.2) is 0 Å². The number of aryl methyl sites for hydroxylation is 1. The van der Waals surface area contributed by atoms with Crippen LogP contribution in [0.15, 0.2) is 41.1 Å². The fourth-order valence-electron chi connectivity index (χ4n) is 3.98. The van der Waals surface area contributed by atoms with Crippen molar-refractivity contribution in [1.82, 2.24) is 25.0 Å². The number of hydrogen-bond acceptors (Lipinski definition) is 6. The van der Waals surface area contributed by atoms with E-state index < -0.39 is 0 Å². The average Bonchev–Trinajstić information content (AvgIpc) is 3.09. The second-order valence-corrected chi connectivity index (χ2v) is 7.72. The molecule has 2 unspecified atom stereocenters. The van der Waals surface area contributed by atoms with E-state index in [9.17, 15) is 0 Å². The normalized spacial score (nSPS) is 20.7. The largest absolute Gasteiger partial charge is 0.338 e. The number of aromatic nitrogens is 4. The quantitative estimate of drug-likeness (QED) is 0.698. The SMILES string of the molecule is Cc1nccc(-c2cccc(-c3noc(CN4CC(C)CC(C)C4)n3)c2)n1. The molecule has 27 heavy (non-hydrogen) atoms. The van der Waals surface area contributed by atoms with E-state index in [1.807, 2.05) is 37.3 Å². The smallest absolute Gasteiger partial charge is 0.241 e.